The third-order valence-electron chi connectivity index (χ3n) is 10.4. The van der Waals surface area contributed by atoms with Gasteiger partial charge in [0.25, 0.3) is 5.69 Å². The molecule has 2 aliphatic heterocycles. The SMILES string of the molecule is Cc1ccccc1COc1ccc([N+](=O)[O-])cc1[C@@H]1c2sc(=O)[nH]c2S[C@@H]2[C@@H]3C[C@@H]([C@@H]4C(=O)N(c5ccccc5C(F)(F)F)C(=O)[C@@H]34)[C@@H]12. The van der Waals surface area contributed by atoms with E-state index in [2.05, 4.69) is 4.98 Å². The van der Waals surface area contributed by atoms with Gasteiger partial charge in [0.05, 0.1) is 33.0 Å². The summed E-state index contributed by atoms with van der Waals surface area (Å²) in [4.78, 5) is 56.3. The number of nitrogens with one attached hydrogen (secondary N) is 1. The van der Waals surface area contributed by atoms with Gasteiger partial charge in [0, 0.05) is 33.7 Å². The van der Waals surface area contributed by atoms with E-state index >= 15 is 0 Å². The number of carbonyl (C=O) groups is 2. The number of H-pyrrole nitrogens is 1. The quantitative estimate of drug-likeness (QED) is 0.132. The lowest BCUT2D eigenvalue weighted by Gasteiger charge is -2.43. The first-order valence-electron chi connectivity index (χ1n) is 15.3. The molecule has 2 saturated carbocycles. The number of benzene rings is 3. The van der Waals surface area contributed by atoms with Crippen molar-refractivity contribution in [3.8, 4) is 5.75 Å². The van der Waals surface area contributed by atoms with Gasteiger partial charge in [-0.1, -0.05) is 47.7 Å². The Kier molecular flexibility index (Phi) is 7.11. The molecule has 0 spiro atoms. The standard InChI is InChI=1S/C34H26F3N3O6S2/c1-15-6-2-3-7-16(15)14-46-23-11-10-17(40(44)45)12-18(23)24-25-19-13-20(28(25)47-30-29(24)48-33(43)38-30)27-26(19)31(41)39(32(27)42)22-9-5-4-8-21(22)34(35,36)37/h2-12,19-20,24-28H,13-14H2,1H3,(H,38,43)/t19-,20-,24+,25+,26+,27+,28-/m1/s1. The number of non-ortho nitro benzene ring substituents is 1. The number of nitrogens with zero attached hydrogens (tertiary/aromatic N) is 2. The summed E-state index contributed by atoms with van der Waals surface area (Å²) in [6.07, 6.45) is -4.28. The van der Waals surface area contributed by atoms with E-state index < -0.39 is 57.8 Å². The summed E-state index contributed by atoms with van der Waals surface area (Å²) in [5.74, 6) is -4.33. The Morgan fingerprint density at radius 1 is 1.00 bits per heavy atom. The second kappa shape index (κ2) is 11.1. The Hall–Kier alpha value is -4.43. The van der Waals surface area contributed by atoms with Crippen molar-refractivity contribution in [3.63, 3.8) is 0 Å². The molecular weight excluding hydrogens is 668 g/mol. The number of aryl methyl sites for hydroxylation is 1. The Labute approximate surface area is 279 Å². The molecule has 1 aromatic heterocycles. The van der Waals surface area contributed by atoms with Gasteiger partial charge in [-0.3, -0.25) is 24.5 Å². The van der Waals surface area contributed by atoms with Crippen LogP contribution in [0.4, 0.5) is 24.5 Å². The van der Waals surface area contributed by atoms with Crippen LogP contribution in [0.5, 0.6) is 5.75 Å². The van der Waals surface area contributed by atoms with Gasteiger partial charge in [-0.05, 0) is 60.4 Å². The molecule has 2 amide bonds. The Morgan fingerprint density at radius 3 is 2.44 bits per heavy atom. The highest BCUT2D eigenvalue weighted by atomic mass is 32.2. The molecule has 3 heterocycles. The number of para-hydroxylation sites is 1. The number of fused-ring (bicyclic) bond motifs is 9. The van der Waals surface area contributed by atoms with Crippen molar-refractivity contribution in [2.24, 2.45) is 29.6 Å². The number of hydrogen-bond acceptors (Lipinski definition) is 8. The predicted octanol–water partition coefficient (Wildman–Crippen LogP) is 6.93. The number of thioether (sulfide) groups is 1. The fourth-order valence-corrected chi connectivity index (χ4v) is 11.3. The lowest BCUT2D eigenvalue weighted by molar-refractivity contribution is -0.385. The maximum atomic E-state index is 14.1. The van der Waals surface area contributed by atoms with Crippen LogP contribution in [-0.4, -0.2) is 27.0 Å². The van der Waals surface area contributed by atoms with Crippen LogP contribution >= 0.6 is 23.1 Å². The number of thiazole rings is 1. The first-order valence-corrected chi connectivity index (χ1v) is 17.0. The van der Waals surface area contributed by atoms with Crippen LogP contribution < -0.4 is 14.5 Å². The molecule has 1 N–H and O–H groups in total. The van der Waals surface area contributed by atoms with Gasteiger partial charge in [-0.15, -0.1) is 11.8 Å². The number of aromatic nitrogens is 1. The van der Waals surface area contributed by atoms with E-state index in [1.807, 2.05) is 31.2 Å². The molecule has 0 unspecified atom stereocenters. The number of halogens is 3. The van der Waals surface area contributed by atoms with Crippen LogP contribution in [0.2, 0.25) is 0 Å². The second-order valence-electron chi connectivity index (χ2n) is 12.7. The summed E-state index contributed by atoms with van der Waals surface area (Å²) in [5, 5.41) is 12.3. The van der Waals surface area contributed by atoms with Crippen molar-refractivity contribution >= 4 is 46.3 Å². The van der Waals surface area contributed by atoms with Crippen molar-refractivity contribution in [2.45, 2.75) is 42.3 Å². The highest BCUT2D eigenvalue weighted by Gasteiger charge is 2.70. The van der Waals surface area contributed by atoms with Gasteiger partial charge in [0.1, 0.15) is 12.4 Å². The number of carbonyl (C=O) groups excluding carboxylic acids is 2. The van der Waals surface area contributed by atoms with Crippen LogP contribution in [0.25, 0.3) is 0 Å². The zero-order valence-corrected chi connectivity index (χ0v) is 26.7. The van der Waals surface area contributed by atoms with E-state index in [-0.39, 0.29) is 34.3 Å². The fraction of sp³-hybridized carbons (Fsp3) is 0.324. The summed E-state index contributed by atoms with van der Waals surface area (Å²) >= 11 is 2.41. The van der Waals surface area contributed by atoms with E-state index in [0.717, 1.165) is 39.5 Å². The molecule has 8 rings (SSSR count). The van der Waals surface area contributed by atoms with Gasteiger partial charge < -0.3 is 9.72 Å². The number of ether oxygens (including phenoxy) is 1. The van der Waals surface area contributed by atoms with Crippen molar-refractivity contribution in [1.29, 1.82) is 0 Å². The number of hydrogen-bond donors (Lipinski definition) is 1. The third kappa shape index (κ3) is 4.63. The Morgan fingerprint density at radius 2 is 1.71 bits per heavy atom. The van der Waals surface area contributed by atoms with Gasteiger partial charge in [0.2, 0.25) is 11.8 Å². The molecule has 246 valence electrons. The predicted molar refractivity (Wildman–Crippen MR) is 171 cm³/mol. The first kappa shape index (κ1) is 30.9. The van der Waals surface area contributed by atoms with Crippen LogP contribution in [0.1, 0.15) is 39.5 Å². The number of aromatic amines is 1. The van der Waals surface area contributed by atoms with E-state index in [0.29, 0.717) is 27.6 Å². The molecule has 2 bridgehead atoms. The monoisotopic (exact) mass is 693 g/mol. The van der Waals surface area contributed by atoms with Crippen molar-refractivity contribution < 1.29 is 32.4 Å². The van der Waals surface area contributed by atoms with Crippen molar-refractivity contribution in [3.05, 3.63) is 114 Å². The van der Waals surface area contributed by atoms with Crippen LogP contribution in [0.15, 0.2) is 76.6 Å². The van der Waals surface area contributed by atoms with E-state index in [4.69, 9.17) is 4.74 Å². The zero-order valence-electron chi connectivity index (χ0n) is 25.1. The minimum atomic E-state index is -4.78. The minimum absolute atomic E-state index is 0.171. The number of nitro benzene ring substituents is 1. The van der Waals surface area contributed by atoms with Gasteiger partial charge in [-0.25, -0.2) is 4.90 Å². The molecule has 4 aliphatic rings. The van der Waals surface area contributed by atoms with E-state index in [9.17, 15) is 37.7 Å². The highest BCUT2D eigenvalue weighted by Crippen LogP contribution is 2.69. The maximum Gasteiger partial charge on any atom is 0.418 e. The number of alkyl halides is 3. The second-order valence-corrected chi connectivity index (χ2v) is 14.9. The topological polar surface area (TPSA) is 123 Å². The van der Waals surface area contributed by atoms with Gasteiger partial charge in [-0.2, -0.15) is 13.2 Å². The molecule has 1 saturated heterocycles. The lowest BCUT2D eigenvalue weighted by atomic mass is 9.68. The molecule has 2 aliphatic carbocycles. The fourth-order valence-electron chi connectivity index (χ4n) is 8.46. The summed E-state index contributed by atoms with van der Waals surface area (Å²) in [6.45, 7) is 2.13. The van der Waals surface area contributed by atoms with Crippen LogP contribution in [0, 0.1) is 46.6 Å². The molecule has 7 atom stereocenters. The summed E-state index contributed by atoms with van der Waals surface area (Å²) < 4.78 is 48.4. The molecule has 9 nitrogen and oxygen atoms in total. The third-order valence-corrected chi connectivity index (χ3v) is 12.9. The minimum Gasteiger partial charge on any atom is -0.489 e. The van der Waals surface area contributed by atoms with Crippen molar-refractivity contribution in [2.75, 3.05) is 4.90 Å². The molecule has 3 aromatic carbocycles. The van der Waals surface area contributed by atoms with Crippen LogP contribution in [-0.2, 0) is 22.4 Å². The van der Waals surface area contributed by atoms with E-state index in [1.54, 1.807) is 6.07 Å². The molecule has 14 heteroatoms. The van der Waals surface area contributed by atoms with E-state index in [1.165, 1.54) is 36.0 Å². The molecule has 0 radical (unpaired) electrons. The average molecular weight is 694 g/mol. The largest absolute Gasteiger partial charge is 0.489 e. The summed E-state index contributed by atoms with van der Waals surface area (Å²) in [5.41, 5.74) is 0.704. The first-order chi connectivity index (χ1) is 22.9. The number of anilines is 1. The smallest absolute Gasteiger partial charge is 0.418 e. The number of imide groups is 1. The molecule has 4 aromatic rings. The average Bonchev–Trinajstić information content (AvgIpc) is 3.79. The zero-order chi connectivity index (χ0) is 33.6. The molecule has 3 fully saturated rings. The normalized spacial score (nSPS) is 27.2. The number of nitro groups is 1. The molecular formula is C34H26F3N3O6S2. The summed E-state index contributed by atoms with van der Waals surface area (Å²) in [7, 11) is 0. The Bertz CT molecular complexity index is 2080. The maximum absolute atomic E-state index is 14.1. The molecule has 48 heavy (non-hydrogen) atoms. The number of amides is 2. The van der Waals surface area contributed by atoms with Crippen LogP contribution in [0.3, 0.4) is 0 Å². The highest BCUT2D eigenvalue weighted by molar-refractivity contribution is 8.00. The van der Waals surface area contributed by atoms with Gasteiger partial charge in [0.15, 0.2) is 0 Å². The van der Waals surface area contributed by atoms with Gasteiger partial charge >= 0.3 is 11.0 Å². The lowest BCUT2D eigenvalue weighted by Crippen LogP contribution is -2.42. The number of rotatable bonds is 6. The summed E-state index contributed by atoms with van der Waals surface area (Å²) in [6, 6.07) is 16.6. The Balaban J connectivity index is 1.23. The van der Waals surface area contributed by atoms with Crippen molar-refractivity contribution in [1.82, 2.24) is 4.98 Å².